The summed E-state index contributed by atoms with van der Waals surface area (Å²) >= 11 is 0. The lowest BCUT2D eigenvalue weighted by atomic mass is 9.93. The molecule has 2 aromatic rings. The number of carbonyl (C=O) groups is 2. The number of aliphatic hydroxyl groups is 1. The number of hydroxylamine groups is 2. The first-order chi connectivity index (χ1) is 16.0. The van der Waals surface area contributed by atoms with Crippen LogP contribution in [0.3, 0.4) is 0 Å². The quantitative estimate of drug-likeness (QED) is 0.454. The molecule has 176 valence electrons. The summed E-state index contributed by atoms with van der Waals surface area (Å²) in [5, 5.41) is 11.7. The highest BCUT2D eigenvalue weighted by Crippen LogP contribution is 2.37. The molecule has 1 amide bonds. The Morgan fingerprint density at radius 1 is 1.03 bits per heavy atom. The van der Waals surface area contributed by atoms with Crippen LogP contribution in [0.1, 0.15) is 25.0 Å². The van der Waals surface area contributed by atoms with E-state index >= 15 is 0 Å². The molecule has 33 heavy (non-hydrogen) atoms. The van der Waals surface area contributed by atoms with Crippen LogP contribution < -0.4 is 9.47 Å². The van der Waals surface area contributed by atoms with Crippen LogP contribution in [0.15, 0.2) is 48.5 Å². The fourth-order valence-corrected chi connectivity index (χ4v) is 4.18. The molecule has 0 aliphatic carbocycles. The number of rotatable bonds is 9. The molecule has 2 aliphatic heterocycles. The first kappa shape index (κ1) is 22.9. The molecule has 0 radical (unpaired) electrons. The normalized spacial score (nSPS) is 21.8. The van der Waals surface area contributed by atoms with E-state index in [2.05, 4.69) is 0 Å². The number of β-amino-alcohol motifs (C(OH)–C–C–N with tert-alkyl or cyclic N) is 1. The third-order valence-electron chi connectivity index (χ3n) is 5.64. The van der Waals surface area contributed by atoms with Gasteiger partial charge in [0.05, 0.1) is 31.9 Å². The largest absolute Gasteiger partial charge is 0.528 e. The second-order valence-corrected chi connectivity index (χ2v) is 7.83. The van der Waals surface area contributed by atoms with Gasteiger partial charge in [0.2, 0.25) is 5.91 Å². The van der Waals surface area contributed by atoms with Crippen LogP contribution in [-0.2, 0) is 27.5 Å². The van der Waals surface area contributed by atoms with E-state index in [1.807, 2.05) is 62.4 Å². The number of fused-ring (bicyclic) bond motifs is 1. The molecule has 9 nitrogen and oxygen atoms in total. The van der Waals surface area contributed by atoms with Crippen LogP contribution in [0.4, 0.5) is 4.79 Å². The summed E-state index contributed by atoms with van der Waals surface area (Å²) in [6.45, 7) is 5.19. The van der Waals surface area contributed by atoms with Crippen molar-refractivity contribution in [2.75, 3.05) is 19.8 Å². The summed E-state index contributed by atoms with van der Waals surface area (Å²) in [5.41, 5.74) is 1.67. The summed E-state index contributed by atoms with van der Waals surface area (Å²) in [7, 11) is 0. The predicted octanol–water partition coefficient (Wildman–Crippen LogP) is 2.51. The van der Waals surface area contributed by atoms with Crippen molar-refractivity contribution >= 4 is 12.1 Å². The van der Waals surface area contributed by atoms with Crippen LogP contribution in [0.2, 0.25) is 0 Å². The molecular weight excluding hydrogens is 428 g/mol. The Kier molecular flexibility index (Phi) is 7.00. The number of β-lactam (4-membered cyclic amide) rings is 1. The number of likely N-dealkylation sites (tertiary alicyclic amines) is 1. The molecule has 0 unspecified atom stereocenters. The average molecular weight is 456 g/mol. The molecule has 0 saturated carbocycles. The zero-order valence-electron chi connectivity index (χ0n) is 18.7. The van der Waals surface area contributed by atoms with Crippen molar-refractivity contribution < 1.29 is 33.7 Å². The van der Waals surface area contributed by atoms with Gasteiger partial charge in [-0.25, -0.2) is 4.79 Å². The molecule has 9 heteroatoms. The number of hydrogen-bond donors (Lipinski definition) is 1. The zero-order valence-corrected chi connectivity index (χ0v) is 18.7. The maximum atomic E-state index is 12.8. The van der Waals surface area contributed by atoms with E-state index in [9.17, 15) is 14.7 Å². The van der Waals surface area contributed by atoms with Crippen LogP contribution in [0.25, 0.3) is 0 Å². The van der Waals surface area contributed by atoms with Crippen LogP contribution in [0.5, 0.6) is 11.5 Å². The maximum absolute atomic E-state index is 12.8. The topological polar surface area (TPSA) is 97.8 Å². The smallest absolute Gasteiger partial charge is 0.490 e. The molecule has 2 saturated heterocycles. The first-order valence-electron chi connectivity index (χ1n) is 11.0. The molecule has 1 N–H and O–H groups in total. The van der Waals surface area contributed by atoms with Crippen molar-refractivity contribution in [1.29, 1.82) is 0 Å². The second-order valence-electron chi connectivity index (χ2n) is 7.83. The van der Waals surface area contributed by atoms with Crippen LogP contribution >= 0.6 is 0 Å². The lowest BCUT2D eigenvalue weighted by Crippen LogP contribution is -2.67. The third-order valence-corrected chi connectivity index (χ3v) is 5.64. The third kappa shape index (κ3) is 4.89. The Labute approximate surface area is 192 Å². The van der Waals surface area contributed by atoms with Gasteiger partial charge >= 0.3 is 6.16 Å². The molecule has 0 spiro atoms. The van der Waals surface area contributed by atoms with Gasteiger partial charge in [-0.1, -0.05) is 36.4 Å². The van der Waals surface area contributed by atoms with Gasteiger partial charge in [0.1, 0.15) is 12.6 Å². The average Bonchev–Trinajstić information content (AvgIpc) is 3.10. The van der Waals surface area contributed by atoms with Crippen LogP contribution in [-0.4, -0.2) is 65.1 Å². The van der Waals surface area contributed by atoms with Gasteiger partial charge in [0.15, 0.2) is 11.5 Å². The SMILES string of the molecule is CCOc1ccc(CN2C(=O)[C@@H]3[C@H]2[C@@H](O)CN3OC(=O)OCc2ccccc2)cc1OCC. The van der Waals surface area contributed by atoms with Crippen molar-refractivity contribution in [2.24, 2.45) is 0 Å². The molecule has 2 aliphatic rings. The molecule has 2 fully saturated rings. The van der Waals surface area contributed by atoms with E-state index in [0.29, 0.717) is 31.3 Å². The van der Waals surface area contributed by atoms with Gasteiger partial charge in [-0.3, -0.25) is 4.79 Å². The lowest BCUT2D eigenvalue weighted by molar-refractivity contribution is -0.188. The summed E-state index contributed by atoms with van der Waals surface area (Å²) in [6, 6.07) is 13.5. The molecule has 0 aromatic heterocycles. The Hall–Kier alpha value is -3.30. The fourth-order valence-electron chi connectivity index (χ4n) is 4.18. The molecule has 2 aromatic carbocycles. The Balaban J connectivity index is 1.36. The number of amides is 1. The van der Waals surface area contributed by atoms with Crippen molar-refractivity contribution in [3.63, 3.8) is 0 Å². The Morgan fingerprint density at radius 2 is 1.76 bits per heavy atom. The van der Waals surface area contributed by atoms with Gasteiger partial charge in [0, 0.05) is 6.54 Å². The van der Waals surface area contributed by atoms with Crippen molar-refractivity contribution in [1.82, 2.24) is 9.96 Å². The Bertz CT molecular complexity index is 984. The fraction of sp³-hybridized carbons (Fsp3) is 0.417. The molecular formula is C24H28N2O7. The maximum Gasteiger partial charge on any atom is 0.528 e. The van der Waals surface area contributed by atoms with E-state index in [0.717, 1.165) is 11.1 Å². The van der Waals surface area contributed by atoms with E-state index in [4.69, 9.17) is 19.0 Å². The van der Waals surface area contributed by atoms with E-state index in [1.165, 1.54) is 5.06 Å². The highest BCUT2D eigenvalue weighted by atomic mass is 16.8. The summed E-state index contributed by atoms with van der Waals surface area (Å²) < 4.78 is 16.4. The summed E-state index contributed by atoms with van der Waals surface area (Å²) in [4.78, 5) is 31.7. The molecule has 4 rings (SSSR count). The number of benzene rings is 2. The number of nitrogens with zero attached hydrogens (tertiary/aromatic N) is 2. The number of ether oxygens (including phenoxy) is 3. The van der Waals surface area contributed by atoms with Gasteiger partial charge in [0.25, 0.3) is 0 Å². The van der Waals surface area contributed by atoms with Crippen LogP contribution in [0, 0.1) is 0 Å². The number of carbonyl (C=O) groups excluding carboxylic acids is 2. The second kappa shape index (κ2) is 10.1. The van der Waals surface area contributed by atoms with E-state index < -0.39 is 24.3 Å². The van der Waals surface area contributed by atoms with Crippen molar-refractivity contribution in [2.45, 2.75) is 45.2 Å². The monoisotopic (exact) mass is 456 g/mol. The standard InChI is InChI=1S/C24H28N2O7/c1-3-30-19-11-10-17(12-20(19)31-4-2)13-25-21-18(27)14-26(22(21)23(25)28)33-24(29)32-15-16-8-6-5-7-9-16/h5-12,18,21-22,27H,3-4,13-15H2,1-2H3/t18-,21+,22-/m0/s1. The highest BCUT2D eigenvalue weighted by Gasteiger charge is 2.60. The molecule has 2 heterocycles. The summed E-state index contributed by atoms with van der Waals surface area (Å²) in [6.07, 6.45) is -1.76. The first-order valence-corrected chi connectivity index (χ1v) is 11.0. The summed E-state index contributed by atoms with van der Waals surface area (Å²) in [5.74, 6) is 1.03. The minimum Gasteiger partial charge on any atom is -0.490 e. The van der Waals surface area contributed by atoms with Gasteiger partial charge in [-0.15, -0.1) is 5.06 Å². The van der Waals surface area contributed by atoms with Gasteiger partial charge in [-0.2, -0.15) is 0 Å². The number of hydrogen-bond acceptors (Lipinski definition) is 8. The minimum atomic E-state index is -0.911. The van der Waals surface area contributed by atoms with Gasteiger partial charge in [-0.05, 0) is 37.1 Å². The molecule has 3 atom stereocenters. The van der Waals surface area contributed by atoms with Crippen molar-refractivity contribution in [3.8, 4) is 11.5 Å². The predicted molar refractivity (Wildman–Crippen MR) is 117 cm³/mol. The molecule has 0 bridgehead atoms. The zero-order chi connectivity index (χ0) is 23.4. The van der Waals surface area contributed by atoms with Gasteiger partial charge < -0.3 is 29.1 Å². The van der Waals surface area contributed by atoms with E-state index in [1.54, 1.807) is 4.90 Å². The highest BCUT2D eigenvalue weighted by molar-refractivity contribution is 5.90. The van der Waals surface area contributed by atoms with E-state index in [-0.39, 0.29) is 19.1 Å². The number of aliphatic hydroxyl groups excluding tert-OH is 1. The lowest BCUT2D eigenvalue weighted by Gasteiger charge is -2.45. The van der Waals surface area contributed by atoms with Crippen molar-refractivity contribution in [3.05, 3.63) is 59.7 Å². The Morgan fingerprint density at radius 3 is 2.48 bits per heavy atom. The minimum absolute atomic E-state index is 0.0332.